The molecule has 0 bridgehead atoms. The van der Waals surface area contributed by atoms with E-state index in [0.717, 1.165) is 18.4 Å². The zero-order valence-electron chi connectivity index (χ0n) is 14.3. The van der Waals surface area contributed by atoms with Crippen molar-refractivity contribution in [2.75, 3.05) is 4.72 Å². The Morgan fingerprint density at radius 3 is 2.54 bits per heavy atom. The highest BCUT2D eigenvalue weighted by atomic mass is 32.2. The molecule has 0 unspecified atom stereocenters. The second-order valence-corrected chi connectivity index (χ2v) is 7.54. The predicted molar refractivity (Wildman–Crippen MR) is 96.8 cm³/mol. The molecule has 0 radical (unpaired) electrons. The molecular formula is C18H19FN4O2S. The lowest BCUT2D eigenvalue weighted by Gasteiger charge is -2.06. The van der Waals surface area contributed by atoms with Crippen LogP contribution in [0.25, 0.3) is 0 Å². The maximum atomic E-state index is 13.7. The van der Waals surface area contributed by atoms with Gasteiger partial charge < -0.3 is 0 Å². The van der Waals surface area contributed by atoms with Crippen LogP contribution in [-0.4, -0.2) is 23.2 Å². The number of benzene rings is 2. The molecule has 6 nitrogen and oxygen atoms in total. The number of rotatable bonds is 7. The Balaban J connectivity index is 1.72. The molecule has 3 aromatic rings. The van der Waals surface area contributed by atoms with Crippen molar-refractivity contribution >= 4 is 16.0 Å². The monoisotopic (exact) mass is 374 g/mol. The third kappa shape index (κ3) is 4.26. The van der Waals surface area contributed by atoms with Crippen molar-refractivity contribution in [3.8, 4) is 0 Å². The summed E-state index contributed by atoms with van der Waals surface area (Å²) in [5, 5.41) is 4.05. The summed E-state index contributed by atoms with van der Waals surface area (Å²) >= 11 is 0. The van der Waals surface area contributed by atoms with Crippen molar-refractivity contribution in [1.82, 2.24) is 14.8 Å². The number of hydrogen-bond acceptors (Lipinski definition) is 4. The number of hydrogen-bond donors (Lipinski definition) is 1. The van der Waals surface area contributed by atoms with Crippen molar-refractivity contribution in [2.24, 2.45) is 0 Å². The van der Waals surface area contributed by atoms with E-state index in [1.165, 1.54) is 17.1 Å². The summed E-state index contributed by atoms with van der Waals surface area (Å²) in [6, 6.07) is 13.0. The van der Waals surface area contributed by atoms with E-state index in [9.17, 15) is 12.8 Å². The lowest BCUT2D eigenvalue weighted by atomic mass is 10.1. The minimum Gasteiger partial charge on any atom is -0.246 e. The fourth-order valence-corrected chi connectivity index (χ4v) is 3.47. The van der Waals surface area contributed by atoms with Crippen LogP contribution in [0.4, 0.5) is 10.3 Å². The number of nitrogens with zero attached hydrogens (tertiary/aromatic N) is 3. The third-order valence-corrected chi connectivity index (χ3v) is 5.17. The average Bonchev–Trinajstić information content (AvgIpc) is 3.04. The molecule has 0 atom stereocenters. The largest absolute Gasteiger partial charge is 0.264 e. The highest BCUT2D eigenvalue weighted by Gasteiger charge is 2.16. The van der Waals surface area contributed by atoms with Gasteiger partial charge in [0.1, 0.15) is 12.1 Å². The molecule has 0 amide bonds. The fourth-order valence-electron chi connectivity index (χ4n) is 2.52. The minimum absolute atomic E-state index is 0.0565. The second kappa shape index (κ2) is 7.65. The molecule has 8 heteroatoms. The van der Waals surface area contributed by atoms with E-state index in [4.69, 9.17) is 0 Å². The van der Waals surface area contributed by atoms with E-state index < -0.39 is 10.0 Å². The molecule has 0 aliphatic rings. The molecule has 0 saturated heterocycles. The van der Waals surface area contributed by atoms with Crippen LogP contribution in [0, 0.1) is 5.82 Å². The first kappa shape index (κ1) is 18.1. The smallest absolute Gasteiger partial charge is 0.246 e. The van der Waals surface area contributed by atoms with E-state index in [0.29, 0.717) is 5.56 Å². The van der Waals surface area contributed by atoms with Gasteiger partial charge in [0.2, 0.25) is 0 Å². The maximum absolute atomic E-state index is 13.7. The summed E-state index contributed by atoms with van der Waals surface area (Å²) in [5.41, 5.74) is 1.53. The molecule has 3 rings (SSSR count). The molecule has 1 heterocycles. The third-order valence-electron chi connectivity index (χ3n) is 3.82. The standard InChI is InChI=1S/C18H19FN4O2S/c1-2-5-14-8-10-16(11-9-14)26(24,25)22-18-20-13-23(21-18)12-15-6-3-4-7-17(15)19/h3-4,6-11,13H,2,5,12H2,1H3,(H,21,22). The van der Waals surface area contributed by atoms with Crippen LogP contribution in [-0.2, 0) is 23.0 Å². The van der Waals surface area contributed by atoms with E-state index >= 15 is 0 Å². The predicted octanol–water partition coefficient (Wildman–Crippen LogP) is 3.22. The lowest BCUT2D eigenvalue weighted by Crippen LogP contribution is -2.14. The number of anilines is 1. The normalized spacial score (nSPS) is 11.5. The molecule has 1 aromatic heterocycles. The molecule has 0 aliphatic carbocycles. The summed E-state index contributed by atoms with van der Waals surface area (Å²) in [6.45, 7) is 2.22. The zero-order valence-corrected chi connectivity index (χ0v) is 15.1. The Morgan fingerprint density at radius 2 is 1.85 bits per heavy atom. The van der Waals surface area contributed by atoms with Crippen molar-refractivity contribution in [3.05, 3.63) is 71.8 Å². The Morgan fingerprint density at radius 1 is 1.12 bits per heavy atom. The molecule has 0 spiro atoms. The van der Waals surface area contributed by atoms with Gasteiger partial charge in [-0.25, -0.2) is 22.2 Å². The first-order valence-corrected chi connectivity index (χ1v) is 9.71. The van der Waals surface area contributed by atoms with Gasteiger partial charge >= 0.3 is 0 Å². The molecule has 0 aliphatic heterocycles. The summed E-state index contributed by atoms with van der Waals surface area (Å²) in [6.07, 6.45) is 3.25. The average molecular weight is 374 g/mol. The maximum Gasteiger partial charge on any atom is 0.264 e. The van der Waals surface area contributed by atoms with Crippen LogP contribution in [0.2, 0.25) is 0 Å². The van der Waals surface area contributed by atoms with Gasteiger partial charge in [-0.1, -0.05) is 43.7 Å². The quantitative estimate of drug-likeness (QED) is 0.689. The van der Waals surface area contributed by atoms with Crippen molar-refractivity contribution in [2.45, 2.75) is 31.2 Å². The van der Waals surface area contributed by atoms with Gasteiger partial charge in [-0.2, -0.15) is 4.98 Å². The number of halogens is 1. The second-order valence-electron chi connectivity index (χ2n) is 5.86. The molecule has 0 fully saturated rings. The zero-order chi connectivity index (χ0) is 18.6. The number of nitrogens with one attached hydrogen (secondary N) is 1. The van der Waals surface area contributed by atoms with Crippen LogP contribution < -0.4 is 4.72 Å². The van der Waals surface area contributed by atoms with Gasteiger partial charge in [0.05, 0.1) is 11.4 Å². The first-order valence-electron chi connectivity index (χ1n) is 8.22. The van der Waals surface area contributed by atoms with Crippen molar-refractivity contribution in [3.63, 3.8) is 0 Å². The Hall–Kier alpha value is -2.74. The van der Waals surface area contributed by atoms with Crippen molar-refractivity contribution < 1.29 is 12.8 Å². The van der Waals surface area contributed by atoms with E-state index in [2.05, 4.69) is 21.7 Å². The van der Waals surface area contributed by atoms with Crippen molar-refractivity contribution in [1.29, 1.82) is 0 Å². The van der Waals surface area contributed by atoms with Crippen LogP contribution in [0.3, 0.4) is 0 Å². The molecule has 1 N–H and O–H groups in total. The molecule has 0 saturated carbocycles. The summed E-state index contributed by atoms with van der Waals surface area (Å²) < 4.78 is 42.3. The van der Waals surface area contributed by atoms with Crippen LogP contribution in [0.15, 0.2) is 59.8 Å². The number of sulfonamides is 1. The van der Waals surface area contributed by atoms with E-state index in [1.807, 2.05) is 0 Å². The topological polar surface area (TPSA) is 76.9 Å². The SMILES string of the molecule is CCCc1ccc(S(=O)(=O)Nc2ncn(Cc3ccccc3F)n2)cc1. The number of aryl methyl sites for hydroxylation is 1. The summed E-state index contributed by atoms with van der Waals surface area (Å²) in [7, 11) is -3.78. The fraction of sp³-hybridized carbons (Fsp3) is 0.222. The Kier molecular flexibility index (Phi) is 5.32. The van der Waals surface area contributed by atoms with Gasteiger partial charge in [-0.15, -0.1) is 5.10 Å². The van der Waals surface area contributed by atoms with Gasteiger partial charge in [-0.3, -0.25) is 0 Å². The number of aromatic nitrogens is 3. The Labute approximate surface area is 151 Å². The molecular weight excluding hydrogens is 355 g/mol. The van der Waals surface area contributed by atoms with Gasteiger partial charge in [-0.05, 0) is 30.2 Å². The lowest BCUT2D eigenvalue weighted by molar-refractivity contribution is 0.584. The molecule has 2 aromatic carbocycles. The van der Waals surface area contributed by atoms with Crippen LogP contribution in [0.1, 0.15) is 24.5 Å². The Bertz CT molecular complexity index is 984. The highest BCUT2D eigenvalue weighted by Crippen LogP contribution is 2.15. The highest BCUT2D eigenvalue weighted by molar-refractivity contribution is 7.92. The summed E-state index contributed by atoms with van der Waals surface area (Å²) in [5.74, 6) is -0.406. The first-order chi connectivity index (χ1) is 12.5. The van der Waals surface area contributed by atoms with Gasteiger partial charge in [0.25, 0.3) is 16.0 Å². The molecule has 26 heavy (non-hydrogen) atoms. The minimum atomic E-state index is -3.78. The van der Waals surface area contributed by atoms with E-state index in [1.54, 1.807) is 42.5 Å². The van der Waals surface area contributed by atoms with Gasteiger partial charge in [0.15, 0.2) is 0 Å². The summed E-state index contributed by atoms with van der Waals surface area (Å²) in [4.78, 5) is 4.08. The van der Waals surface area contributed by atoms with Crippen LogP contribution >= 0.6 is 0 Å². The van der Waals surface area contributed by atoms with Crippen LogP contribution in [0.5, 0.6) is 0 Å². The van der Waals surface area contributed by atoms with E-state index in [-0.39, 0.29) is 23.2 Å². The van der Waals surface area contributed by atoms with Gasteiger partial charge in [0, 0.05) is 5.56 Å². The molecule has 136 valence electrons.